The van der Waals surface area contributed by atoms with Crippen LogP contribution in [-0.2, 0) is 0 Å². The number of hydrogen-bond acceptors (Lipinski definition) is 5. The van der Waals surface area contributed by atoms with E-state index < -0.39 is 0 Å². The molecule has 2 rings (SSSR count). The summed E-state index contributed by atoms with van der Waals surface area (Å²) in [6.07, 6.45) is -0.0413. The first kappa shape index (κ1) is 18.5. The predicted molar refractivity (Wildman–Crippen MR) is 95.9 cm³/mol. The molecule has 0 bridgehead atoms. The highest BCUT2D eigenvalue weighted by molar-refractivity contribution is 5.98. The second-order valence-corrected chi connectivity index (χ2v) is 6.76. The molecular formula is C18H29N3O3. The molecule has 0 radical (unpaired) electrons. The van der Waals surface area contributed by atoms with Crippen molar-refractivity contribution in [1.29, 1.82) is 0 Å². The van der Waals surface area contributed by atoms with E-state index in [1.165, 1.54) is 0 Å². The topological polar surface area (TPSA) is 65.0 Å². The molecule has 1 aliphatic heterocycles. The van der Waals surface area contributed by atoms with Gasteiger partial charge in [-0.05, 0) is 32.2 Å². The van der Waals surface area contributed by atoms with Crippen LogP contribution in [0.2, 0.25) is 0 Å². The van der Waals surface area contributed by atoms with Crippen LogP contribution in [0.5, 0.6) is 5.75 Å². The van der Waals surface area contributed by atoms with E-state index in [9.17, 15) is 9.90 Å². The van der Waals surface area contributed by atoms with E-state index >= 15 is 0 Å². The third-order valence-corrected chi connectivity index (χ3v) is 4.57. The molecule has 0 fully saturated rings. The Morgan fingerprint density at radius 2 is 2.17 bits per heavy atom. The zero-order valence-electron chi connectivity index (χ0n) is 15.2. The number of benzene rings is 1. The average molecular weight is 335 g/mol. The van der Waals surface area contributed by atoms with Crippen molar-refractivity contribution in [2.45, 2.75) is 26.0 Å². The van der Waals surface area contributed by atoms with Crippen molar-refractivity contribution in [1.82, 2.24) is 10.2 Å². The lowest BCUT2D eigenvalue weighted by molar-refractivity contribution is 0.0416. The number of anilines is 1. The summed E-state index contributed by atoms with van der Waals surface area (Å²) < 4.78 is 6.17. The van der Waals surface area contributed by atoms with Crippen LogP contribution in [0.25, 0.3) is 0 Å². The van der Waals surface area contributed by atoms with Gasteiger partial charge in [-0.25, -0.2) is 0 Å². The molecule has 1 amide bonds. The Hall–Kier alpha value is -1.79. The van der Waals surface area contributed by atoms with Crippen LogP contribution in [0.3, 0.4) is 0 Å². The number of rotatable bonds is 5. The van der Waals surface area contributed by atoms with Crippen molar-refractivity contribution < 1.29 is 14.6 Å². The van der Waals surface area contributed by atoms with Crippen LogP contribution >= 0.6 is 0 Å². The molecule has 24 heavy (non-hydrogen) atoms. The fourth-order valence-corrected chi connectivity index (χ4v) is 2.93. The first-order chi connectivity index (χ1) is 11.4. The van der Waals surface area contributed by atoms with E-state index in [2.05, 4.69) is 12.2 Å². The SMILES string of the molecule is CNC[C@H]1Oc2ccc(N(C)C)cc2C(=O)N([C@@H](C)CO)C[C@H]1C. The summed E-state index contributed by atoms with van der Waals surface area (Å²) in [5, 5.41) is 12.7. The maximum atomic E-state index is 13.1. The second kappa shape index (κ2) is 7.85. The van der Waals surface area contributed by atoms with Gasteiger partial charge in [0.15, 0.2) is 0 Å². The number of nitrogens with one attached hydrogen (secondary N) is 1. The van der Waals surface area contributed by atoms with Crippen molar-refractivity contribution in [2.75, 3.05) is 45.7 Å². The van der Waals surface area contributed by atoms with Crippen molar-refractivity contribution in [3.8, 4) is 5.75 Å². The first-order valence-corrected chi connectivity index (χ1v) is 8.43. The molecule has 0 unspecified atom stereocenters. The monoisotopic (exact) mass is 335 g/mol. The van der Waals surface area contributed by atoms with Crippen molar-refractivity contribution in [3.05, 3.63) is 23.8 Å². The fraction of sp³-hybridized carbons (Fsp3) is 0.611. The predicted octanol–water partition coefficient (Wildman–Crippen LogP) is 1.19. The standard InChI is InChI=1S/C18H29N3O3/c1-12-10-21(13(2)11-22)18(23)15-8-14(20(4)5)6-7-16(15)24-17(12)9-19-3/h6-8,12-13,17,19,22H,9-11H2,1-5H3/t12-,13+,17-/m1/s1. The Balaban J connectivity index is 2.49. The zero-order chi connectivity index (χ0) is 17.9. The molecule has 1 heterocycles. The highest BCUT2D eigenvalue weighted by Gasteiger charge is 2.32. The molecule has 1 aromatic rings. The Kier molecular flexibility index (Phi) is 6.07. The summed E-state index contributed by atoms with van der Waals surface area (Å²) in [4.78, 5) is 16.8. The van der Waals surface area contributed by atoms with Crippen LogP contribution in [0.15, 0.2) is 18.2 Å². The molecule has 0 saturated heterocycles. The Morgan fingerprint density at radius 1 is 1.46 bits per heavy atom. The Morgan fingerprint density at radius 3 is 2.75 bits per heavy atom. The second-order valence-electron chi connectivity index (χ2n) is 6.76. The van der Waals surface area contributed by atoms with Gasteiger partial charge in [-0.3, -0.25) is 4.79 Å². The van der Waals surface area contributed by atoms with Gasteiger partial charge in [-0.2, -0.15) is 0 Å². The summed E-state index contributed by atoms with van der Waals surface area (Å²) in [7, 11) is 5.77. The molecule has 0 saturated carbocycles. The zero-order valence-corrected chi connectivity index (χ0v) is 15.2. The van der Waals surface area contributed by atoms with Crippen LogP contribution in [0, 0.1) is 5.92 Å². The Labute approximate surface area is 144 Å². The van der Waals surface area contributed by atoms with Crippen LogP contribution in [-0.4, -0.2) is 68.9 Å². The number of fused-ring (bicyclic) bond motifs is 1. The summed E-state index contributed by atoms with van der Waals surface area (Å²) >= 11 is 0. The third-order valence-electron chi connectivity index (χ3n) is 4.57. The quantitative estimate of drug-likeness (QED) is 0.846. The molecular weight excluding hydrogens is 306 g/mol. The van der Waals surface area contributed by atoms with Crippen LogP contribution in [0.1, 0.15) is 24.2 Å². The van der Waals surface area contributed by atoms with Gasteiger partial charge in [0.1, 0.15) is 11.9 Å². The molecule has 3 atom stereocenters. The van der Waals surface area contributed by atoms with Crippen LogP contribution < -0.4 is 15.0 Å². The third kappa shape index (κ3) is 3.82. The lowest BCUT2D eigenvalue weighted by atomic mass is 9.99. The molecule has 0 aromatic heterocycles. The highest BCUT2D eigenvalue weighted by Crippen LogP contribution is 2.30. The van der Waals surface area contributed by atoms with Crippen molar-refractivity contribution in [2.24, 2.45) is 5.92 Å². The molecule has 0 spiro atoms. The minimum atomic E-state index is -0.232. The number of carbonyl (C=O) groups is 1. The molecule has 6 heteroatoms. The minimum absolute atomic E-state index is 0.0413. The van der Waals surface area contributed by atoms with Gasteiger partial charge in [0.05, 0.1) is 18.2 Å². The maximum Gasteiger partial charge on any atom is 0.258 e. The van der Waals surface area contributed by atoms with E-state index in [4.69, 9.17) is 4.74 Å². The Bertz CT molecular complexity index is 577. The first-order valence-electron chi connectivity index (χ1n) is 8.43. The van der Waals surface area contributed by atoms with Gasteiger partial charge in [0.25, 0.3) is 5.91 Å². The number of hydrogen-bond donors (Lipinski definition) is 2. The number of likely N-dealkylation sites (N-methyl/N-ethyl adjacent to an activating group) is 1. The summed E-state index contributed by atoms with van der Waals surface area (Å²) in [5.41, 5.74) is 1.50. The number of carbonyl (C=O) groups excluding carboxylic acids is 1. The highest BCUT2D eigenvalue weighted by atomic mass is 16.5. The number of nitrogens with zero attached hydrogens (tertiary/aromatic N) is 2. The van der Waals surface area contributed by atoms with Gasteiger partial charge in [0, 0.05) is 38.8 Å². The smallest absolute Gasteiger partial charge is 0.258 e. The summed E-state index contributed by atoms with van der Waals surface area (Å²) in [6.45, 7) is 5.14. The molecule has 134 valence electrons. The summed E-state index contributed by atoms with van der Waals surface area (Å²) in [6, 6.07) is 5.45. The lowest BCUT2D eigenvalue weighted by Gasteiger charge is -2.37. The van der Waals surface area contributed by atoms with Crippen molar-refractivity contribution >= 4 is 11.6 Å². The van der Waals surface area contributed by atoms with E-state index in [0.717, 1.165) is 5.69 Å². The molecule has 1 aliphatic rings. The number of aliphatic hydroxyl groups is 1. The molecule has 6 nitrogen and oxygen atoms in total. The van der Waals surface area contributed by atoms with Gasteiger partial charge >= 0.3 is 0 Å². The van der Waals surface area contributed by atoms with Crippen molar-refractivity contribution in [3.63, 3.8) is 0 Å². The van der Waals surface area contributed by atoms with E-state index in [0.29, 0.717) is 24.4 Å². The van der Waals surface area contributed by atoms with Gasteiger partial charge in [-0.1, -0.05) is 6.92 Å². The largest absolute Gasteiger partial charge is 0.488 e. The summed E-state index contributed by atoms with van der Waals surface area (Å²) in [5.74, 6) is 0.662. The van der Waals surface area contributed by atoms with E-state index in [-0.39, 0.29) is 30.6 Å². The lowest BCUT2D eigenvalue weighted by Crippen LogP contribution is -2.49. The van der Waals surface area contributed by atoms with Gasteiger partial charge in [-0.15, -0.1) is 0 Å². The fourth-order valence-electron chi connectivity index (χ4n) is 2.93. The number of aliphatic hydroxyl groups excluding tert-OH is 1. The van der Waals surface area contributed by atoms with Crippen LogP contribution in [0.4, 0.5) is 5.69 Å². The van der Waals surface area contributed by atoms with Gasteiger partial charge < -0.3 is 25.0 Å². The average Bonchev–Trinajstić information content (AvgIpc) is 2.56. The van der Waals surface area contributed by atoms with E-state index in [1.807, 2.05) is 51.2 Å². The molecule has 2 N–H and O–H groups in total. The molecule has 1 aromatic carbocycles. The number of ether oxygens (including phenoxy) is 1. The normalized spacial score (nSPS) is 22.2. The van der Waals surface area contributed by atoms with E-state index in [1.54, 1.807) is 4.90 Å². The van der Waals surface area contributed by atoms with Gasteiger partial charge in [0.2, 0.25) is 0 Å². The number of amides is 1. The minimum Gasteiger partial charge on any atom is -0.488 e. The molecule has 0 aliphatic carbocycles. The maximum absolute atomic E-state index is 13.1.